The summed E-state index contributed by atoms with van der Waals surface area (Å²) in [7, 11) is 0. The first-order chi connectivity index (χ1) is 16.2. The molecule has 0 bridgehead atoms. The van der Waals surface area contributed by atoms with Crippen LogP contribution < -0.4 is 10.6 Å². The molecule has 2 aromatic rings. The smallest absolute Gasteiger partial charge is 0.407 e. The van der Waals surface area contributed by atoms with Gasteiger partial charge in [0.05, 0.1) is 0 Å². The van der Waals surface area contributed by atoms with Crippen LogP contribution in [0.5, 0.6) is 0 Å². The zero-order valence-corrected chi connectivity index (χ0v) is 20.2. The Balaban J connectivity index is 1.60. The van der Waals surface area contributed by atoms with Crippen molar-refractivity contribution >= 4 is 18.0 Å². The average Bonchev–Trinajstić information content (AvgIpc) is 3.13. The summed E-state index contributed by atoms with van der Waals surface area (Å²) < 4.78 is 5.60. The number of aliphatic carboxylic acids is 1. The van der Waals surface area contributed by atoms with Crippen LogP contribution >= 0.6 is 0 Å². The van der Waals surface area contributed by atoms with Gasteiger partial charge in [-0.15, -0.1) is 0 Å². The number of carboxylic acid groups (broad SMARTS) is 1. The van der Waals surface area contributed by atoms with Gasteiger partial charge in [0.1, 0.15) is 12.6 Å². The highest BCUT2D eigenvalue weighted by atomic mass is 16.5. The van der Waals surface area contributed by atoms with Crippen LogP contribution in [0.4, 0.5) is 4.79 Å². The van der Waals surface area contributed by atoms with Gasteiger partial charge >= 0.3 is 12.1 Å². The number of amides is 2. The number of alkyl carbamates (subject to hydrolysis) is 1. The minimum Gasteiger partial charge on any atom is -0.480 e. The molecule has 3 rings (SSSR count). The Labute approximate surface area is 200 Å². The third kappa shape index (κ3) is 5.76. The Kier molecular flexibility index (Phi) is 8.31. The van der Waals surface area contributed by atoms with Crippen LogP contribution in [0.25, 0.3) is 11.1 Å². The largest absolute Gasteiger partial charge is 0.480 e. The molecule has 0 heterocycles. The van der Waals surface area contributed by atoms with E-state index < -0.39 is 30.1 Å². The van der Waals surface area contributed by atoms with E-state index in [0.717, 1.165) is 22.3 Å². The van der Waals surface area contributed by atoms with Crippen molar-refractivity contribution in [1.82, 2.24) is 10.6 Å². The second-order valence-corrected chi connectivity index (χ2v) is 9.29. The summed E-state index contributed by atoms with van der Waals surface area (Å²) in [5, 5.41) is 14.8. The quantitative estimate of drug-likeness (QED) is 0.476. The number of carbonyl (C=O) groups excluding carboxylic acids is 2. The summed E-state index contributed by atoms with van der Waals surface area (Å²) >= 11 is 0. The number of ether oxygens (including phenoxy) is 1. The molecule has 7 heteroatoms. The van der Waals surface area contributed by atoms with Gasteiger partial charge in [-0.05, 0) is 34.1 Å². The second kappa shape index (κ2) is 11.2. The number of hydrogen-bond acceptors (Lipinski definition) is 4. The Morgan fingerprint density at radius 3 is 2.00 bits per heavy atom. The van der Waals surface area contributed by atoms with Gasteiger partial charge < -0.3 is 20.5 Å². The molecule has 2 amide bonds. The van der Waals surface area contributed by atoms with E-state index in [2.05, 4.69) is 34.9 Å². The Bertz CT molecular complexity index is 990. The molecule has 0 saturated carbocycles. The molecule has 1 aliphatic carbocycles. The minimum absolute atomic E-state index is 0.0257. The Morgan fingerprint density at radius 2 is 1.50 bits per heavy atom. The van der Waals surface area contributed by atoms with Crippen molar-refractivity contribution in [1.29, 1.82) is 0 Å². The number of rotatable bonds is 10. The van der Waals surface area contributed by atoms with E-state index in [4.69, 9.17) is 4.74 Å². The van der Waals surface area contributed by atoms with Crippen molar-refractivity contribution in [3.63, 3.8) is 0 Å². The molecule has 0 radical (unpaired) electrons. The Hall–Kier alpha value is -3.35. The molecule has 2 aromatic carbocycles. The van der Waals surface area contributed by atoms with Crippen molar-refractivity contribution < 1.29 is 24.2 Å². The first-order valence-corrected chi connectivity index (χ1v) is 11.9. The summed E-state index contributed by atoms with van der Waals surface area (Å²) in [6, 6.07) is 14.8. The third-order valence-corrected chi connectivity index (χ3v) is 6.65. The van der Waals surface area contributed by atoms with Gasteiger partial charge in [0.15, 0.2) is 0 Å². The highest BCUT2D eigenvalue weighted by Gasteiger charge is 2.30. The summed E-state index contributed by atoms with van der Waals surface area (Å²) in [5.74, 6) is -1.77. The van der Waals surface area contributed by atoms with E-state index >= 15 is 0 Å². The lowest BCUT2D eigenvalue weighted by Gasteiger charge is -2.25. The van der Waals surface area contributed by atoms with Crippen LogP contribution in [-0.4, -0.2) is 41.8 Å². The molecule has 3 atom stereocenters. The van der Waals surface area contributed by atoms with Gasteiger partial charge in [0.2, 0.25) is 5.91 Å². The van der Waals surface area contributed by atoms with Gasteiger partial charge in [0.25, 0.3) is 0 Å². The zero-order valence-electron chi connectivity index (χ0n) is 20.2. The third-order valence-electron chi connectivity index (χ3n) is 6.65. The lowest BCUT2D eigenvalue weighted by Crippen LogP contribution is -2.48. The second-order valence-electron chi connectivity index (χ2n) is 9.29. The van der Waals surface area contributed by atoms with Gasteiger partial charge in [0, 0.05) is 18.4 Å². The molecule has 0 fully saturated rings. The molecule has 3 N–H and O–H groups in total. The molecule has 2 unspecified atom stereocenters. The predicted molar refractivity (Wildman–Crippen MR) is 130 cm³/mol. The maximum atomic E-state index is 12.6. The Morgan fingerprint density at radius 1 is 0.941 bits per heavy atom. The maximum Gasteiger partial charge on any atom is 0.407 e. The number of nitrogens with one attached hydrogen (secondary N) is 2. The maximum absolute atomic E-state index is 12.6. The van der Waals surface area contributed by atoms with Crippen molar-refractivity contribution in [3.05, 3.63) is 59.7 Å². The minimum atomic E-state index is -1.06. The van der Waals surface area contributed by atoms with Crippen LogP contribution in [0.2, 0.25) is 0 Å². The van der Waals surface area contributed by atoms with Crippen LogP contribution in [0.15, 0.2) is 48.5 Å². The van der Waals surface area contributed by atoms with Crippen molar-refractivity contribution in [2.24, 2.45) is 11.8 Å². The fourth-order valence-electron chi connectivity index (χ4n) is 4.36. The SMILES string of the molecule is CCC(C)C(NC(=O)C[C@H](NC(=O)OCC1c2ccccc2-c2ccccc21)C(C)C)C(=O)O. The number of carbonyl (C=O) groups is 3. The van der Waals surface area contributed by atoms with E-state index in [1.807, 2.05) is 45.0 Å². The summed E-state index contributed by atoms with van der Waals surface area (Å²) in [5.41, 5.74) is 4.55. The predicted octanol–water partition coefficient (Wildman–Crippen LogP) is 4.56. The molecule has 34 heavy (non-hydrogen) atoms. The summed E-state index contributed by atoms with van der Waals surface area (Å²) in [6.07, 6.45) is 0.00959. The molecule has 7 nitrogen and oxygen atoms in total. The molecule has 0 aromatic heterocycles. The fourth-order valence-corrected chi connectivity index (χ4v) is 4.36. The molecule has 0 spiro atoms. The van der Waals surface area contributed by atoms with Gasteiger partial charge in [-0.3, -0.25) is 4.79 Å². The van der Waals surface area contributed by atoms with E-state index in [1.54, 1.807) is 6.92 Å². The monoisotopic (exact) mass is 466 g/mol. The molecular formula is C27H34N2O5. The van der Waals surface area contributed by atoms with Crippen LogP contribution in [-0.2, 0) is 14.3 Å². The van der Waals surface area contributed by atoms with Crippen LogP contribution in [0, 0.1) is 11.8 Å². The molecule has 1 aliphatic rings. The fraction of sp³-hybridized carbons (Fsp3) is 0.444. The first kappa shape index (κ1) is 25.3. The normalized spacial score (nSPS) is 15.1. The first-order valence-electron chi connectivity index (χ1n) is 11.9. The van der Waals surface area contributed by atoms with Crippen LogP contribution in [0.3, 0.4) is 0 Å². The summed E-state index contributed by atoms with van der Waals surface area (Å²) in [6.45, 7) is 7.64. The lowest BCUT2D eigenvalue weighted by molar-refractivity contribution is -0.143. The van der Waals surface area contributed by atoms with Gasteiger partial charge in [-0.1, -0.05) is 82.6 Å². The highest BCUT2D eigenvalue weighted by Crippen LogP contribution is 2.44. The van der Waals surface area contributed by atoms with E-state index in [9.17, 15) is 19.5 Å². The zero-order chi connectivity index (χ0) is 24.8. The van der Waals surface area contributed by atoms with Crippen molar-refractivity contribution in [2.45, 2.75) is 58.5 Å². The highest BCUT2D eigenvalue weighted by molar-refractivity contribution is 5.84. The average molecular weight is 467 g/mol. The van der Waals surface area contributed by atoms with Gasteiger partial charge in [-0.25, -0.2) is 9.59 Å². The molecule has 0 saturated heterocycles. The molecular weight excluding hydrogens is 432 g/mol. The van der Waals surface area contributed by atoms with E-state index in [1.165, 1.54) is 0 Å². The number of carboxylic acids is 1. The number of fused-ring (bicyclic) bond motifs is 3. The van der Waals surface area contributed by atoms with Crippen LogP contribution in [0.1, 0.15) is 57.6 Å². The summed E-state index contributed by atoms with van der Waals surface area (Å²) in [4.78, 5) is 36.7. The van der Waals surface area contributed by atoms with Crippen molar-refractivity contribution in [2.75, 3.05) is 6.61 Å². The van der Waals surface area contributed by atoms with Crippen molar-refractivity contribution in [3.8, 4) is 11.1 Å². The lowest BCUT2D eigenvalue weighted by atomic mass is 9.97. The topological polar surface area (TPSA) is 105 Å². The molecule has 182 valence electrons. The van der Waals surface area contributed by atoms with Gasteiger partial charge in [-0.2, -0.15) is 0 Å². The van der Waals surface area contributed by atoms with E-state index in [0.29, 0.717) is 6.42 Å². The number of benzene rings is 2. The number of hydrogen-bond donors (Lipinski definition) is 3. The standard InChI is InChI=1S/C27H34N2O5/c1-5-17(4)25(26(31)32)29-24(30)14-23(16(2)3)28-27(33)34-15-22-20-12-8-6-10-18(20)19-11-7-9-13-21(19)22/h6-13,16-17,22-23,25H,5,14-15H2,1-4H3,(H,28,33)(H,29,30)(H,31,32)/t17?,23-,25?/m0/s1. The molecule has 0 aliphatic heterocycles. The van der Waals surface area contributed by atoms with E-state index in [-0.39, 0.29) is 30.8 Å².